The Morgan fingerprint density at radius 2 is 2.07 bits per heavy atom. The largest absolute Gasteiger partial charge is 0.314 e. The molecule has 0 aromatic rings. The van der Waals surface area contributed by atoms with Gasteiger partial charge < -0.3 is 5.32 Å². The highest BCUT2D eigenvalue weighted by atomic mass is 19.3. The summed E-state index contributed by atoms with van der Waals surface area (Å²) in [6.45, 7) is 4.28. The van der Waals surface area contributed by atoms with E-state index in [2.05, 4.69) is 12.2 Å². The third-order valence-electron chi connectivity index (χ3n) is 3.44. The van der Waals surface area contributed by atoms with Crippen molar-refractivity contribution in [2.75, 3.05) is 19.6 Å². The van der Waals surface area contributed by atoms with Crippen molar-refractivity contribution in [1.82, 2.24) is 10.2 Å². The average Bonchev–Trinajstić information content (AvgIpc) is 2.13. The van der Waals surface area contributed by atoms with Crippen LogP contribution in [-0.2, 0) is 0 Å². The highest BCUT2D eigenvalue weighted by Gasteiger charge is 2.39. The minimum Gasteiger partial charge on any atom is -0.314 e. The normalized spacial score (nSPS) is 39.9. The maximum atomic E-state index is 12.7. The monoisotopic (exact) mass is 204 g/mol. The van der Waals surface area contributed by atoms with Crippen LogP contribution in [0.3, 0.4) is 0 Å². The van der Waals surface area contributed by atoms with Crippen LogP contribution in [0, 0.1) is 5.92 Å². The highest BCUT2D eigenvalue weighted by Crippen LogP contribution is 2.33. The first kappa shape index (κ1) is 10.3. The van der Waals surface area contributed by atoms with Gasteiger partial charge in [-0.15, -0.1) is 0 Å². The van der Waals surface area contributed by atoms with Crippen molar-refractivity contribution >= 4 is 0 Å². The van der Waals surface area contributed by atoms with Gasteiger partial charge in [0.25, 0.3) is 6.43 Å². The summed E-state index contributed by atoms with van der Waals surface area (Å²) < 4.78 is 25.4. The molecule has 82 valence electrons. The fourth-order valence-corrected chi connectivity index (χ4v) is 2.56. The molecule has 1 saturated heterocycles. The third kappa shape index (κ3) is 1.91. The second kappa shape index (κ2) is 4.11. The van der Waals surface area contributed by atoms with E-state index in [0.29, 0.717) is 12.6 Å². The molecule has 4 heteroatoms. The van der Waals surface area contributed by atoms with E-state index in [1.807, 2.05) is 4.90 Å². The Balaban J connectivity index is 1.93. The summed E-state index contributed by atoms with van der Waals surface area (Å²) in [5, 5.41) is 3.04. The van der Waals surface area contributed by atoms with Crippen molar-refractivity contribution in [3.05, 3.63) is 0 Å². The van der Waals surface area contributed by atoms with Gasteiger partial charge in [0.2, 0.25) is 0 Å². The molecule has 2 nitrogen and oxygen atoms in total. The van der Waals surface area contributed by atoms with Gasteiger partial charge in [-0.25, -0.2) is 8.78 Å². The van der Waals surface area contributed by atoms with Crippen LogP contribution in [0.2, 0.25) is 0 Å². The van der Waals surface area contributed by atoms with Gasteiger partial charge in [-0.05, 0) is 18.8 Å². The molecule has 1 N–H and O–H groups in total. The zero-order chi connectivity index (χ0) is 10.1. The standard InChI is InChI=1S/C10H18F2N2/c1-7-4-8(5-7)14-3-2-13-6-9(14)10(11)12/h7-10,13H,2-6H2,1H3. The number of hydrogen-bond acceptors (Lipinski definition) is 2. The summed E-state index contributed by atoms with van der Waals surface area (Å²) in [5.74, 6) is 0.730. The smallest absolute Gasteiger partial charge is 0.255 e. The topological polar surface area (TPSA) is 15.3 Å². The number of nitrogens with one attached hydrogen (secondary N) is 1. The zero-order valence-electron chi connectivity index (χ0n) is 8.55. The van der Waals surface area contributed by atoms with Crippen molar-refractivity contribution in [1.29, 1.82) is 0 Å². The lowest BCUT2D eigenvalue weighted by atomic mass is 9.80. The lowest BCUT2D eigenvalue weighted by Crippen LogP contribution is -2.60. The van der Waals surface area contributed by atoms with Gasteiger partial charge in [-0.3, -0.25) is 4.90 Å². The van der Waals surface area contributed by atoms with Crippen molar-refractivity contribution < 1.29 is 8.78 Å². The first-order valence-corrected chi connectivity index (χ1v) is 5.43. The fourth-order valence-electron chi connectivity index (χ4n) is 2.56. The zero-order valence-corrected chi connectivity index (χ0v) is 8.55. The average molecular weight is 204 g/mol. The molecule has 1 unspecified atom stereocenters. The molecule has 2 aliphatic rings. The Morgan fingerprint density at radius 1 is 1.36 bits per heavy atom. The lowest BCUT2D eigenvalue weighted by molar-refractivity contribution is -0.0398. The molecule has 1 aliphatic heterocycles. The molecule has 14 heavy (non-hydrogen) atoms. The molecule has 0 bridgehead atoms. The second-order valence-electron chi connectivity index (χ2n) is 4.57. The van der Waals surface area contributed by atoms with E-state index in [-0.39, 0.29) is 0 Å². The minimum absolute atomic E-state index is 0.422. The van der Waals surface area contributed by atoms with Crippen molar-refractivity contribution in [3.63, 3.8) is 0 Å². The van der Waals surface area contributed by atoms with Gasteiger partial charge >= 0.3 is 0 Å². The molecule has 0 aromatic carbocycles. The quantitative estimate of drug-likeness (QED) is 0.730. The van der Waals surface area contributed by atoms with Crippen LogP contribution in [-0.4, -0.2) is 43.0 Å². The van der Waals surface area contributed by atoms with Crippen molar-refractivity contribution in [2.24, 2.45) is 5.92 Å². The van der Waals surface area contributed by atoms with E-state index in [9.17, 15) is 8.78 Å². The van der Waals surface area contributed by atoms with Crippen molar-refractivity contribution in [3.8, 4) is 0 Å². The lowest BCUT2D eigenvalue weighted by Gasteiger charge is -2.47. The Bertz CT molecular complexity index is 193. The first-order valence-electron chi connectivity index (χ1n) is 5.43. The van der Waals surface area contributed by atoms with E-state index in [0.717, 1.165) is 31.8 Å². The molecule has 0 radical (unpaired) electrons. The van der Waals surface area contributed by atoms with E-state index in [4.69, 9.17) is 0 Å². The molecule has 1 aliphatic carbocycles. The van der Waals surface area contributed by atoms with E-state index < -0.39 is 12.5 Å². The minimum atomic E-state index is -2.21. The predicted molar refractivity (Wildman–Crippen MR) is 51.6 cm³/mol. The number of halogens is 2. The van der Waals surface area contributed by atoms with Crippen LogP contribution < -0.4 is 5.32 Å². The Labute approximate surface area is 83.7 Å². The van der Waals surface area contributed by atoms with Gasteiger partial charge in [0.15, 0.2) is 0 Å². The van der Waals surface area contributed by atoms with Crippen LogP contribution >= 0.6 is 0 Å². The molecule has 1 heterocycles. The summed E-state index contributed by atoms with van der Waals surface area (Å²) >= 11 is 0. The molecule has 1 saturated carbocycles. The molecule has 0 spiro atoms. The van der Waals surface area contributed by atoms with Crippen LogP contribution in [0.25, 0.3) is 0 Å². The van der Waals surface area contributed by atoms with Gasteiger partial charge in [-0.1, -0.05) is 6.92 Å². The van der Waals surface area contributed by atoms with E-state index >= 15 is 0 Å². The van der Waals surface area contributed by atoms with Crippen LogP contribution in [0.15, 0.2) is 0 Å². The molecule has 0 aromatic heterocycles. The number of rotatable bonds is 2. The van der Waals surface area contributed by atoms with E-state index in [1.54, 1.807) is 0 Å². The summed E-state index contributed by atoms with van der Waals surface area (Å²) in [5.41, 5.74) is 0. The van der Waals surface area contributed by atoms with Gasteiger partial charge in [0.05, 0.1) is 6.04 Å². The summed E-state index contributed by atoms with van der Waals surface area (Å²) in [6.07, 6.45) is -0.00870. The van der Waals surface area contributed by atoms with Crippen LogP contribution in [0.1, 0.15) is 19.8 Å². The van der Waals surface area contributed by atoms with E-state index in [1.165, 1.54) is 0 Å². The SMILES string of the molecule is CC1CC(N2CCNCC2C(F)F)C1. The molecular formula is C10H18F2N2. The maximum Gasteiger partial charge on any atom is 0.255 e. The summed E-state index contributed by atoms with van der Waals surface area (Å²) in [4.78, 5) is 2.02. The number of hydrogen-bond donors (Lipinski definition) is 1. The Hall–Kier alpha value is -0.220. The Kier molecular flexibility index (Phi) is 3.02. The Morgan fingerprint density at radius 3 is 2.64 bits per heavy atom. The number of nitrogens with zero attached hydrogens (tertiary/aromatic N) is 1. The van der Waals surface area contributed by atoms with Gasteiger partial charge in [0.1, 0.15) is 0 Å². The van der Waals surface area contributed by atoms with Crippen LogP contribution in [0.4, 0.5) is 8.78 Å². The fraction of sp³-hybridized carbons (Fsp3) is 1.00. The highest BCUT2D eigenvalue weighted by molar-refractivity contribution is 4.92. The maximum absolute atomic E-state index is 12.7. The molecule has 2 fully saturated rings. The number of piperazine rings is 1. The summed E-state index contributed by atoms with van der Waals surface area (Å²) in [7, 11) is 0. The predicted octanol–water partition coefficient (Wildman–Crippen LogP) is 1.32. The first-order chi connectivity index (χ1) is 6.68. The van der Waals surface area contributed by atoms with Gasteiger partial charge in [0, 0.05) is 25.7 Å². The van der Waals surface area contributed by atoms with Crippen molar-refractivity contribution in [2.45, 2.75) is 38.3 Å². The van der Waals surface area contributed by atoms with Crippen LogP contribution in [0.5, 0.6) is 0 Å². The molecule has 2 rings (SSSR count). The molecule has 0 amide bonds. The second-order valence-corrected chi connectivity index (χ2v) is 4.57. The molecule has 1 atom stereocenters. The molecular weight excluding hydrogens is 186 g/mol. The number of alkyl halides is 2. The van der Waals surface area contributed by atoms with Gasteiger partial charge in [-0.2, -0.15) is 0 Å². The third-order valence-corrected chi connectivity index (χ3v) is 3.44. The summed E-state index contributed by atoms with van der Waals surface area (Å²) in [6, 6.07) is -0.132.